The minimum atomic E-state index is -0.145. The van der Waals surface area contributed by atoms with Gasteiger partial charge in [0.1, 0.15) is 5.75 Å². The van der Waals surface area contributed by atoms with Crippen LogP contribution >= 0.6 is 0 Å². The predicted molar refractivity (Wildman–Crippen MR) is 123 cm³/mol. The molecule has 1 atom stereocenters. The fraction of sp³-hybridized carbons (Fsp3) is 0.385. The van der Waals surface area contributed by atoms with Crippen LogP contribution in [-0.2, 0) is 11.2 Å². The molecule has 1 amide bonds. The normalized spacial score (nSPS) is 12.1. The van der Waals surface area contributed by atoms with E-state index in [1.54, 1.807) is 6.20 Å². The molecule has 1 N–H and O–H groups in total. The average Bonchev–Trinajstić information content (AvgIpc) is 3.23. The Kier molecular flexibility index (Phi) is 7.50. The van der Waals surface area contributed by atoms with Crippen molar-refractivity contribution in [1.82, 2.24) is 10.3 Å². The van der Waals surface area contributed by atoms with Crippen molar-refractivity contribution in [2.45, 2.75) is 59.4 Å². The van der Waals surface area contributed by atoms with Crippen molar-refractivity contribution in [2.24, 2.45) is 0 Å². The van der Waals surface area contributed by atoms with E-state index in [2.05, 4.69) is 42.3 Å². The Balaban J connectivity index is 1.57. The minimum Gasteiger partial charge on any atom is -0.494 e. The second-order valence-electron chi connectivity index (χ2n) is 8.16. The lowest BCUT2D eigenvalue weighted by molar-refractivity contribution is -0.121. The van der Waals surface area contributed by atoms with Gasteiger partial charge in [-0.2, -0.15) is 0 Å². The molecule has 164 valence electrons. The Labute approximate surface area is 184 Å². The van der Waals surface area contributed by atoms with Crippen LogP contribution in [0.3, 0.4) is 0 Å². The van der Waals surface area contributed by atoms with Gasteiger partial charge in [-0.3, -0.25) is 4.79 Å². The Morgan fingerprint density at radius 2 is 1.87 bits per heavy atom. The summed E-state index contributed by atoms with van der Waals surface area (Å²) in [6.45, 7) is 10.9. The van der Waals surface area contributed by atoms with Gasteiger partial charge in [-0.05, 0) is 38.3 Å². The molecule has 1 aromatic heterocycles. The molecule has 0 aliphatic heterocycles. The number of benzene rings is 2. The van der Waals surface area contributed by atoms with Crippen LogP contribution in [0.2, 0.25) is 0 Å². The van der Waals surface area contributed by atoms with Crippen LogP contribution in [-0.4, -0.2) is 17.5 Å². The first-order valence-corrected chi connectivity index (χ1v) is 10.9. The summed E-state index contributed by atoms with van der Waals surface area (Å²) in [6, 6.07) is 14.2. The molecule has 3 aromatic rings. The molecule has 0 fully saturated rings. The zero-order valence-corrected chi connectivity index (χ0v) is 19.1. The Morgan fingerprint density at radius 1 is 1.13 bits per heavy atom. The molecular formula is C26H32N2O3. The number of hydrogen-bond acceptors (Lipinski definition) is 4. The number of oxazole rings is 1. The van der Waals surface area contributed by atoms with E-state index in [0.29, 0.717) is 31.3 Å². The number of carbonyl (C=O) groups is 1. The largest absolute Gasteiger partial charge is 0.494 e. The Hall–Kier alpha value is -3.08. The first-order valence-electron chi connectivity index (χ1n) is 10.9. The van der Waals surface area contributed by atoms with E-state index >= 15 is 0 Å². The summed E-state index contributed by atoms with van der Waals surface area (Å²) in [7, 11) is 0. The lowest BCUT2D eigenvalue weighted by Gasteiger charge is -2.18. The SMILES string of the molecule is CCOc1ccc(C)cc1C(C)NC(=O)CCc1ncc(-c2ccc(C(C)C)cc2)o1. The van der Waals surface area contributed by atoms with Crippen molar-refractivity contribution in [2.75, 3.05) is 6.61 Å². The van der Waals surface area contributed by atoms with Gasteiger partial charge in [0.15, 0.2) is 11.7 Å². The van der Waals surface area contributed by atoms with Crippen molar-refractivity contribution >= 4 is 5.91 Å². The van der Waals surface area contributed by atoms with E-state index in [1.165, 1.54) is 5.56 Å². The summed E-state index contributed by atoms with van der Waals surface area (Å²) in [6.07, 6.45) is 2.49. The molecule has 0 saturated heterocycles. The van der Waals surface area contributed by atoms with Crippen LogP contribution in [0.1, 0.15) is 68.7 Å². The molecule has 0 radical (unpaired) electrons. The molecule has 31 heavy (non-hydrogen) atoms. The molecular weight excluding hydrogens is 388 g/mol. The number of aryl methyl sites for hydroxylation is 2. The highest BCUT2D eigenvalue weighted by Crippen LogP contribution is 2.27. The lowest BCUT2D eigenvalue weighted by Crippen LogP contribution is -2.27. The third kappa shape index (κ3) is 5.97. The zero-order valence-electron chi connectivity index (χ0n) is 19.1. The second kappa shape index (κ2) is 10.3. The van der Waals surface area contributed by atoms with Gasteiger partial charge in [0.05, 0.1) is 18.8 Å². The molecule has 3 rings (SSSR count). The number of aromatic nitrogens is 1. The van der Waals surface area contributed by atoms with Crippen LogP contribution in [0, 0.1) is 6.92 Å². The third-order valence-corrected chi connectivity index (χ3v) is 5.29. The smallest absolute Gasteiger partial charge is 0.220 e. The lowest BCUT2D eigenvalue weighted by atomic mass is 10.0. The molecule has 0 aliphatic carbocycles. The Morgan fingerprint density at radius 3 is 2.55 bits per heavy atom. The first kappa shape index (κ1) is 22.6. The van der Waals surface area contributed by atoms with Gasteiger partial charge >= 0.3 is 0 Å². The highest BCUT2D eigenvalue weighted by atomic mass is 16.5. The predicted octanol–water partition coefficient (Wildman–Crippen LogP) is 5.98. The van der Waals surface area contributed by atoms with E-state index in [-0.39, 0.29) is 11.9 Å². The number of hydrogen-bond donors (Lipinski definition) is 1. The summed E-state index contributed by atoms with van der Waals surface area (Å²) >= 11 is 0. The van der Waals surface area contributed by atoms with Crippen LogP contribution in [0.4, 0.5) is 0 Å². The number of rotatable bonds is 9. The molecule has 5 heteroatoms. The molecule has 2 aromatic carbocycles. The highest BCUT2D eigenvalue weighted by molar-refractivity contribution is 5.76. The van der Waals surface area contributed by atoms with Crippen molar-refractivity contribution in [1.29, 1.82) is 0 Å². The summed E-state index contributed by atoms with van der Waals surface area (Å²) in [4.78, 5) is 16.9. The van der Waals surface area contributed by atoms with Gasteiger partial charge < -0.3 is 14.5 Å². The van der Waals surface area contributed by atoms with Crippen LogP contribution < -0.4 is 10.1 Å². The fourth-order valence-corrected chi connectivity index (χ4v) is 3.50. The summed E-state index contributed by atoms with van der Waals surface area (Å²) in [5.74, 6) is 2.54. The molecule has 0 bridgehead atoms. The van der Waals surface area contributed by atoms with Gasteiger partial charge in [-0.1, -0.05) is 55.8 Å². The number of nitrogens with one attached hydrogen (secondary N) is 1. The Bertz CT molecular complexity index is 1010. The minimum absolute atomic E-state index is 0.0440. The highest BCUT2D eigenvalue weighted by Gasteiger charge is 2.16. The number of nitrogens with zero attached hydrogens (tertiary/aromatic N) is 1. The number of carbonyl (C=O) groups excluding carboxylic acids is 1. The second-order valence-corrected chi connectivity index (χ2v) is 8.16. The molecule has 1 unspecified atom stereocenters. The molecule has 0 aliphatic rings. The van der Waals surface area contributed by atoms with E-state index in [1.807, 2.05) is 45.0 Å². The van der Waals surface area contributed by atoms with E-state index in [0.717, 1.165) is 28.2 Å². The molecule has 1 heterocycles. The van der Waals surface area contributed by atoms with E-state index in [4.69, 9.17) is 9.15 Å². The van der Waals surface area contributed by atoms with Gasteiger partial charge in [0.2, 0.25) is 5.91 Å². The zero-order chi connectivity index (χ0) is 22.4. The standard InChI is InChI=1S/C26H32N2O3/c1-6-30-23-12-7-18(4)15-22(23)19(5)28-25(29)13-14-26-27-16-24(31-26)21-10-8-20(9-11-21)17(2)3/h7-12,15-17,19H,6,13-14H2,1-5H3,(H,28,29). The van der Waals surface area contributed by atoms with Crippen LogP contribution in [0.5, 0.6) is 5.75 Å². The monoisotopic (exact) mass is 420 g/mol. The van der Waals surface area contributed by atoms with Crippen molar-refractivity contribution < 1.29 is 13.9 Å². The fourth-order valence-electron chi connectivity index (χ4n) is 3.50. The van der Waals surface area contributed by atoms with Crippen molar-refractivity contribution in [3.05, 3.63) is 71.2 Å². The van der Waals surface area contributed by atoms with Gasteiger partial charge in [-0.25, -0.2) is 4.98 Å². The summed E-state index contributed by atoms with van der Waals surface area (Å²) < 4.78 is 11.6. The number of ether oxygens (including phenoxy) is 1. The maximum Gasteiger partial charge on any atom is 0.220 e. The summed E-state index contributed by atoms with van der Waals surface area (Å²) in [5.41, 5.74) is 4.39. The van der Waals surface area contributed by atoms with Gasteiger partial charge in [0, 0.05) is 24.0 Å². The van der Waals surface area contributed by atoms with Crippen LogP contribution in [0.15, 0.2) is 53.1 Å². The van der Waals surface area contributed by atoms with Crippen molar-refractivity contribution in [3.63, 3.8) is 0 Å². The van der Waals surface area contributed by atoms with Gasteiger partial charge in [-0.15, -0.1) is 0 Å². The van der Waals surface area contributed by atoms with E-state index < -0.39 is 0 Å². The van der Waals surface area contributed by atoms with Crippen LogP contribution in [0.25, 0.3) is 11.3 Å². The maximum absolute atomic E-state index is 12.5. The maximum atomic E-state index is 12.5. The van der Waals surface area contributed by atoms with Gasteiger partial charge in [0.25, 0.3) is 0 Å². The topological polar surface area (TPSA) is 64.4 Å². The van der Waals surface area contributed by atoms with Crippen molar-refractivity contribution in [3.8, 4) is 17.1 Å². The quantitative estimate of drug-likeness (QED) is 0.462. The first-order chi connectivity index (χ1) is 14.9. The third-order valence-electron chi connectivity index (χ3n) is 5.29. The number of amides is 1. The molecule has 0 spiro atoms. The van der Waals surface area contributed by atoms with E-state index in [9.17, 15) is 4.79 Å². The summed E-state index contributed by atoms with van der Waals surface area (Å²) in [5, 5.41) is 3.06. The molecule has 5 nitrogen and oxygen atoms in total. The average molecular weight is 421 g/mol. The molecule has 0 saturated carbocycles.